The first kappa shape index (κ1) is 23.0. The molecule has 0 atom stereocenters. The molecule has 0 saturated heterocycles. The van der Waals surface area contributed by atoms with Crippen LogP contribution in [0.3, 0.4) is 0 Å². The average molecular weight is 502 g/mol. The summed E-state index contributed by atoms with van der Waals surface area (Å²) in [6.07, 6.45) is 8.41. The Kier molecular flexibility index (Phi) is 5.18. The summed E-state index contributed by atoms with van der Waals surface area (Å²) >= 11 is 0. The summed E-state index contributed by atoms with van der Waals surface area (Å²) in [6.45, 7) is 0. The highest BCUT2D eigenvalue weighted by Gasteiger charge is 2.50. The molecule has 186 valence electrons. The number of hydrogen-bond donors (Lipinski definition) is 0. The summed E-state index contributed by atoms with van der Waals surface area (Å²) in [7, 11) is 3.41. The summed E-state index contributed by atoms with van der Waals surface area (Å²) in [5, 5.41) is 4.21. The molecular formula is C28H22F3N5O. The number of benzene rings is 2. The van der Waals surface area contributed by atoms with Gasteiger partial charge in [-0.3, -0.25) is 13.9 Å². The topological polar surface area (TPSA) is 55.4 Å². The van der Waals surface area contributed by atoms with Gasteiger partial charge in [0.25, 0.3) is 5.91 Å². The first-order valence-corrected chi connectivity index (χ1v) is 11.8. The summed E-state index contributed by atoms with van der Waals surface area (Å²) in [5.41, 5.74) is 3.43. The molecule has 6 rings (SSSR count). The van der Waals surface area contributed by atoms with Crippen LogP contribution < -0.4 is 0 Å². The minimum Gasteiger partial charge on any atom is -0.332 e. The van der Waals surface area contributed by atoms with E-state index < -0.39 is 28.9 Å². The van der Waals surface area contributed by atoms with Gasteiger partial charge >= 0.3 is 0 Å². The van der Waals surface area contributed by atoms with E-state index in [0.717, 1.165) is 23.3 Å². The molecule has 0 radical (unpaired) electrons. The highest BCUT2D eigenvalue weighted by molar-refractivity contribution is 5.95. The van der Waals surface area contributed by atoms with Crippen molar-refractivity contribution in [3.05, 3.63) is 102 Å². The highest BCUT2D eigenvalue weighted by Crippen LogP contribution is 2.51. The third-order valence-electron chi connectivity index (χ3n) is 7.17. The molecule has 9 heteroatoms. The summed E-state index contributed by atoms with van der Waals surface area (Å²) in [6, 6.07) is 11.9. The van der Waals surface area contributed by atoms with Gasteiger partial charge in [0.1, 0.15) is 11.5 Å². The van der Waals surface area contributed by atoms with Crippen molar-refractivity contribution >= 4 is 11.6 Å². The Labute approximate surface area is 210 Å². The quantitative estimate of drug-likeness (QED) is 0.316. The third-order valence-corrected chi connectivity index (χ3v) is 7.17. The predicted octanol–water partition coefficient (Wildman–Crippen LogP) is 5.58. The molecule has 37 heavy (non-hydrogen) atoms. The minimum absolute atomic E-state index is 0.0926. The van der Waals surface area contributed by atoms with Crippen LogP contribution in [0.1, 0.15) is 28.8 Å². The van der Waals surface area contributed by atoms with Gasteiger partial charge in [-0.1, -0.05) is 12.1 Å². The lowest BCUT2D eigenvalue weighted by Gasteiger charge is -2.29. The SMILES string of the molecule is CN(C(=O)c1ccc(-c2cnc3ccc(-c4cnn(C)c4)cn23)cc1F)C1(c2ccc(F)c(F)c2)CC1. The number of carbonyl (C=O) groups excluding carboxylic acids is 1. The van der Waals surface area contributed by atoms with Gasteiger partial charge in [0, 0.05) is 43.2 Å². The molecule has 5 aromatic rings. The molecule has 1 amide bonds. The lowest BCUT2D eigenvalue weighted by Crippen LogP contribution is -2.37. The van der Waals surface area contributed by atoms with Crippen molar-refractivity contribution in [3.63, 3.8) is 0 Å². The largest absolute Gasteiger partial charge is 0.332 e. The van der Waals surface area contributed by atoms with E-state index >= 15 is 4.39 Å². The Morgan fingerprint density at radius 2 is 1.68 bits per heavy atom. The lowest BCUT2D eigenvalue weighted by atomic mass is 10.0. The van der Waals surface area contributed by atoms with Crippen molar-refractivity contribution in [1.82, 2.24) is 24.1 Å². The fourth-order valence-corrected chi connectivity index (χ4v) is 4.88. The van der Waals surface area contributed by atoms with Crippen molar-refractivity contribution in [3.8, 4) is 22.4 Å². The van der Waals surface area contributed by atoms with Crippen LogP contribution in [0.25, 0.3) is 28.0 Å². The minimum atomic E-state index is -0.972. The second-order valence-corrected chi connectivity index (χ2v) is 9.41. The molecule has 1 fully saturated rings. The normalized spacial score (nSPS) is 14.2. The van der Waals surface area contributed by atoms with Crippen molar-refractivity contribution in [2.75, 3.05) is 7.05 Å². The molecule has 6 nitrogen and oxygen atoms in total. The molecule has 0 bridgehead atoms. The Hall–Kier alpha value is -4.40. The van der Waals surface area contributed by atoms with Crippen molar-refractivity contribution in [2.24, 2.45) is 7.05 Å². The number of pyridine rings is 1. The zero-order valence-corrected chi connectivity index (χ0v) is 20.1. The van der Waals surface area contributed by atoms with Gasteiger partial charge in [-0.2, -0.15) is 5.10 Å². The molecule has 0 spiro atoms. The summed E-state index contributed by atoms with van der Waals surface area (Å²) in [5.74, 6) is -3.12. The molecule has 0 unspecified atom stereocenters. The van der Waals surface area contributed by atoms with Crippen LogP contribution in [0.4, 0.5) is 13.2 Å². The second-order valence-electron chi connectivity index (χ2n) is 9.41. The second kappa shape index (κ2) is 8.33. The molecule has 1 saturated carbocycles. The van der Waals surface area contributed by atoms with E-state index in [9.17, 15) is 13.6 Å². The van der Waals surface area contributed by atoms with E-state index in [1.165, 1.54) is 23.1 Å². The van der Waals surface area contributed by atoms with Crippen LogP contribution in [0.2, 0.25) is 0 Å². The number of hydrogen-bond acceptors (Lipinski definition) is 3. The smallest absolute Gasteiger partial charge is 0.257 e. The summed E-state index contributed by atoms with van der Waals surface area (Å²) < 4.78 is 46.2. The van der Waals surface area contributed by atoms with Crippen LogP contribution in [0, 0.1) is 17.5 Å². The number of nitrogens with zero attached hydrogens (tertiary/aromatic N) is 5. The monoisotopic (exact) mass is 501 g/mol. The van der Waals surface area contributed by atoms with Gasteiger partial charge in [-0.25, -0.2) is 18.2 Å². The number of imidazole rings is 1. The van der Waals surface area contributed by atoms with Gasteiger partial charge in [0.2, 0.25) is 0 Å². The van der Waals surface area contributed by atoms with E-state index in [1.54, 1.807) is 30.2 Å². The van der Waals surface area contributed by atoms with Crippen molar-refractivity contribution in [2.45, 2.75) is 18.4 Å². The number of rotatable bonds is 5. The molecule has 0 N–H and O–H groups in total. The average Bonchev–Trinajstić information content (AvgIpc) is 3.41. The third kappa shape index (κ3) is 3.78. The number of carbonyl (C=O) groups is 1. The van der Waals surface area contributed by atoms with Crippen LogP contribution in [-0.2, 0) is 12.6 Å². The lowest BCUT2D eigenvalue weighted by molar-refractivity contribution is 0.0700. The Morgan fingerprint density at radius 1 is 0.892 bits per heavy atom. The molecule has 1 aliphatic rings. The fraction of sp³-hybridized carbons (Fsp3) is 0.179. The van der Waals surface area contributed by atoms with E-state index in [1.807, 2.05) is 36.0 Å². The molecule has 3 aromatic heterocycles. The molecular weight excluding hydrogens is 479 g/mol. The van der Waals surface area contributed by atoms with Gasteiger partial charge < -0.3 is 4.90 Å². The zero-order chi connectivity index (χ0) is 25.9. The standard InChI is InChI=1S/C28H22F3N5O/c1-34-15-19(13-33-34)18-4-8-26-32-14-25(36(26)16-18)17-3-6-21(23(30)11-17)27(37)35(2)28(9-10-28)20-5-7-22(29)24(31)12-20/h3-8,11-16H,9-10H2,1-2H3. The van der Waals surface area contributed by atoms with E-state index in [4.69, 9.17) is 0 Å². The maximum atomic E-state index is 15.3. The van der Waals surface area contributed by atoms with E-state index in [-0.39, 0.29) is 5.56 Å². The van der Waals surface area contributed by atoms with E-state index in [0.29, 0.717) is 35.3 Å². The number of fused-ring (bicyclic) bond motifs is 1. The van der Waals surface area contributed by atoms with E-state index in [2.05, 4.69) is 10.1 Å². The maximum absolute atomic E-state index is 15.3. The molecule has 2 aromatic carbocycles. The number of aryl methyl sites for hydroxylation is 1. The van der Waals surface area contributed by atoms with Crippen LogP contribution in [0.15, 0.2) is 73.3 Å². The molecule has 1 aliphatic carbocycles. The Balaban J connectivity index is 1.31. The molecule has 3 heterocycles. The van der Waals surface area contributed by atoms with Gasteiger partial charge in [0.15, 0.2) is 11.6 Å². The first-order chi connectivity index (χ1) is 17.8. The van der Waals surface area contributed by atoms with Crippen LogP contribution in [0.5, 0.6) is 0 Å². The molecule has 0 aliphatic heterocycles. The van der Waals surface area contributed by atoms with Gasteiger partial charge in [0.05, 0.1) is 29.2 Å². The first-order valence-electron chi connectivity index (χ1n) is 11.8. The number of halogens is 3. The van der Waals surface area contributed by atoms with Gasteiger partial charge in [-0.15, -0.1) is 0 Å². The predicted molar refractivity (Wildman–Crippen MR) is 132 cm³/mol. The summed E-state index contributed by atoms with van der Waals surface area (Å²) in [4.78, 5) is 19.1. The van der Waals surface area contributed by atoms with Crippen LogP contribution >= 0.6 is 0 Å². The Morgan fingerprint density at radius 3 is 2.35 bits per heavy atom. The van der Waals surface area contributed by atoms with Crippen molar-refractivity contribution in [1.29, 1.82) is 0 Å². The highest BCUT2D eigenvalue weighted by atomic mass is 19.2. The maximum Gasteiger partial charge on any atom is 0.257 e. The van der Waals surface area contributed by atoms with Gasteiger partial charge in [-0.05, 0) is 54.8 Å². The number of aromatic nitrogens is 4. The van der Waals surface area contributed by atoms with Crippen molar-refractivity contribution < 1.29 is 18.0 Å². The Bertz CT molecular complexity index is 1680. The number of amides is 1. The fourth-order valence-electron chi connectivity index (χ4n) is 4.88. The zero-order valence-electron chi connectivity index (χ0n) is 20.1. The van der Waals surface area contributed by atoms with Crippen LogP contribution in [-0.4, -0.2) is 37.0 Å².